The summed E-state index contributed by atoms with van der Waals surface area (Å²) >= 11 is 3.66. The zero-order valence-electron chi connectivity index (χ0n) is 12.7. The lowest BCUT2D eigenvalue weighted by atomic mass is 9.70. The highest BCUT2D eigenvalue weighted by molar-refractivity contribution is 9.10. The number of halogens is 1. The van der Waals surface area contributed by atoms with Crippen LogP contribution in [0.5, 0.6) is 0 Å². The minimum Gasteiger partial charge on any atom is -0.329 e. The van der Waals surface area contributed by atoms with E-state index in [-0.39, 0.29) is 5.54 Å². The van der Waals surface area contributed by atoms with Gasteiger partial charge in [0.2, 0.25) is 0 Å². The number of nitrogens with two attached hydrogens (primary N) is 1. The van der Waals surface area contributed by atoms with E-state index in [2.05, 4.69) is 59.1 Å². The van der Waals surface area contributed by atoms with E-state index in [0.717, 1.165) is 19.0 Å². The number of likely N-dealkylation sites (N-methyl/N-ethyl adjacent to an activating group) is 1. The smallest absolute Gasteiger partial charge is 0.0360 e. The highest BCUT2D eigenvalue weighted by atomic mass is 79.9. The molecule has 2 nitrogen and oxygen atoms in total. The summed E-state index contributed by atoms with van der Waals surface area (Å²) in [6.07, 6.45) is 6.48. The molecule has 2 N–H and O–H groups in total. The summed E-state index contributed by atoms with van der Waals surface area (Å²) in [6.45, 7) is 4.05. The van der Waals surface area contributed by atoms with Gasteiger partial charge in [-0.05, 0) is 37.4 Å². The minimum absolute atomic E-state index is 0.183. The van der Waals surface area contributed by atoms with Gasteiger partial charge in [0.15, 0.2) is 0 Å². The first-order valence-electron chi connectivity index (χ1n) is 7.78. The summed E-state index contributed by atoms with van der Waals surface area (Å²) < 4.78 is 1.20. The van der Waals surface area contributed by atoms with Crippen molar-refractivity contribution >= 4 is 15.9 Å². The topological polar surface area (TPSA) is 29.3 Å². The molecule has 0 aliphatic heterocycles. The second-order valence-corrected chi connectivity index (χ2v) is 6.96. The molecule has 1 saturated carbocycles. The predicted octanol–water partition coefficient (Wildman–Crippen LogP) is 4.18. The van der Waals surface area contributed by atoms with Crippen molar-refractivity contribution in [2.75, 3.05) is 13.6 Å². The third kappa shape index (κ3) is 3.10. The normalized spacial score (nSPS) is 26.9. The Balaban J connectivity index is 2.20. The SMILES string of the molecule is CCC1CCCCC1(CN)N(C)Cc1ccccc1Br. The zero-order chi connectivity index (χ0) is 14.6. The highest BCUT2D eigenvalue weighted by Gasteiger charge is 2.41. The zero-order valence-corrected chi connectivity index (χ0v) is 14.3. The number of hydrogen-bond donors (Lipinski definition) is 1. The maximum atomic E-state index is 6.24. The minimum atomic E-state index is 0.183. The molecule has 0 aromatic heterocycles. The van der Waals surface area contributed by atoms with E-state index in [1.54, 1.807) is 0 Å². The molecule has 0 amide bonds. The van der Waals surface area contributed by atoms with E-state index in [9.17, 15) is 0 Å². The highest BCUT2D eigenvalue weighted by Crippen LogP contribution is 2.40. The lowest BCUT2D eigenvalue weighted by Gasteiger charge is -2.50. The first-order chi connectivity index (χ1) is 9.64. The predicted molar refractivity (Wildman–Crippen MR) is 89.6 cm³/mol. The molecule has 2 unspecified atom stereocenters. The lowest BCUT2D eigenvalue weighted by molar-refractivity contribution is 0.0176. The first-order valence-corrected chi connectivity index (χ1v) is 8.58. The van der Waals surface area contributed by atoms with Crippen LogP contribution >= 0.6 is 15.9 Å². The van der Waals surface area contributed by atoms with E-state index in [1.807, 2.05) is 0 Å². The van der Waals surface area contributed by atoms with Gasteiger partial charge in [-0.3, -0.25) is 4.90 Å². The number of nitrogens with zero attached hydrogens (tertiary/aromatic N) is 1. The van der Waals surface area contributed by atoms with Gasteiger partial charge in [-0.1, -0.05) is 60.3 Å². The Morgan fingerprint density at radius 1 is 1.35 bits per heavy atom. The van der Waals surface area contributed by atoms with E-state index in [0.29, 0.717) is 0 Å². The molecule has 0 radical (unpaired) electrons. The van der Waals surface area contributed by atoms with Crippen LogP contribution in [-0.2, 0) is 6.54 Å². The molecule has 3 heteroatoms. The third-order valence-electron chi connectivity index (χ3n) is 5.14. The molecule has 1 aliphatic rings. The van der Waals surface area contributed by atoms with E-state index in [4.69, 9.17) is 5.73 Å². The molecule has 112 valence electrons. The van der Waals surface area contributed by atoms with Crippen LogP contribution < -0.4 is 5.73 Å². The van der Waals surface area contributed by atoms with Gasteiger partial charge < -0.3 is 5.73 Å². The molecule has 2 rings (SSSR count). The Hall–Kier alpha value is -0.380. The molecule has 1 aromatic carbocycles. The molecule has 2 atom stereocenters. The summed E-state index contributed by atoms with van der Waals surface area (Å²) in [4.78, 5) is 2.51. The fourth-order valence-electron chi connectivity index (χ4n) is 3.85. The van der Waals surface area contributed by atoms with Crippen molar-refractivity contribution in [1.29, 1.82) is 0 Å². The standard InChI is InChI=1S/C17H27BrN2/c1-3-15-9-6-7-11-17(15,13-19)20(2)12-14-8-4-5-10-16(14)18/h4-5,8,10,15H,3,6-7,9,11-13,19H2,1-2H3. The van der Waals surface area contributed by atoms with Crippen molar-refractivity contribution < 1.29 is 0 Å². The first kappa shape index (κ1) is 16.0. The van der Waals surface area contributed by atoms with Crippen LogP contribution in [0.15, 0.2) is 28.7 Å². The number of hydrogen-bond acceptors (Lipinski definition) is 2. The largest absolute Gasteiger partial charge is 0.329 e. The number of rotatable bonds is 5. The van der Waals surface area contributed by atoms with Crippen molar-refractivity contribution in [2.24, 2.45) is 11.7 Å². The van der Waals surface area contributed by atoms with Gasteiger partial charge in [0.1, 0.15) is 0 Å². The van der Waals surface area contributed by atoms with Gasteiger partial charge in [0.05, 0.1) is 0 Å². The molecular weight excluding hydrogens is 312 g/mol. The second-order valence-electron chi connectivity index (χ2n) is 6.11. The van der Waals surface area contributed by atoms with Crippen molar-refractivity contribution in [3.63, 3.8) is 0 Å². The van der Waals surface area contributed by atoms with Crippen molar-refractivity contribution in [2.45, 2.75) is 51.1 Å². The molecule has 0 heterocycles. The molecule has 20 heavy (non-hydrogen) atoms. The molecular formula is C17H27BrN2. The Morgan fingerprint density at radius 3 is 2.75 bits per heavy atom. The number of benzene rings is 1. The Kier molecular flexibility index (Phi) is 5.65. The Bertz CT molecular complexity index is 435. The molecule has 1 aliphatic carbocycles. The van der Waals surface area contributed by atoms with Crippen LogP contribution in [0.4, 0.5) is 0 Å². The Morgan fingerprint density at radius 2 is 2.10 bits per heavy atom. The second kappa shape index (κ2) is 7.06. The van der Waals surface area contributed by atoms with Gasteiger partial charge in [0, 0.05) is 23.1 Å². The van der Waals surface area contributed by atoms with Crippen molar-refractivity contribution in [3.8, 4) is 0 Å². The van der Waals surface area contributed by atoms with Crippen LogP contribution in [-0.4, -0.2) is 24.0 Å². The average Bonchev–Trinajstić information content (AvgIpc) is 2.49. The van der Waals surface area contributed by atoms with Crippen LogP contribution in [0.25, 0.3) is 0 Å². The molecule has 0 saturated heterocycles. The Labute approximate surface area is 131 Å². The van der Waals surface area contributed by atoms with Crippen molar-refractivity contribution in [3.05, 3.63) is 34.3 Å². The summed E-state index contributed by atoms with van der Waals surface area (Å²) in [6, 6.07) is 8.51. The van der Waals surface area contributed by atoms with Gasteiger partial charge in [-0.25, -0.2) is 0 Å². The van der Waals surface area contributed by atoms with Gasteiger partial charge in [0.25, 0.3) is 0 Å². The van der Waals surface area contributed by atoms with Crippen LogP contribution in [0.3, 0.4) is 0 Å². The molecule has 0 bridgehead atoms. The van der Waals surface area contributed by atoms with E-state index < -0.39 is 0 Å². The summed E-state index contributed by atoms with van der Waals surface area (Å²) in [7, 11) is 2.25. The maximum Gasteiger partial charge on any atom is 0.0360 e. The fraction of sp³-hybridized carbons (Fsp3) is 0.647. The van der Waals surface area contributed by atoms with Gasteiger partial charge in [-0.15, -0.1) is 0 Å². The van der Waals surface area contributed by atoms with E-state index in [1.165, 1.54) is 42.1 Å². The molecule has 1 aromatic rings. The van der Waals surface area contributed by atoms with Gasteiger partial charge in [-0.2, -0.15) is 0 Å². The third-order valence-corrected chi connectivity index (χ3v) is 5.92. The van der Waals surface area contributed by atoms with Crippen LogP contribution in [0.2, 0.25) is 0 Å². The lowest BCUT2D eigenvalue weighted by Crippen LogP contribution is -2.58. The summed E-state index contributed by atoms with van der Waals surface area (Å²) in [5, 5.41) is 0. The van der Waals surface area contributed by atoms with Crippen LogP contribution in [0.1, 0.15) is 44.6 Å². The molecule has 1 fully saturated rings. The van der Waals surface area contributed by atoms with Crippen LogP contribution in [0, 0.1) is 5.92 Å². The molecule has 0 spiro atoms. The summed E-state index contributed by atoms with van der Waals surface area (Å²) in [5.74, 6) is 0.730. The summed E-state index contributed by atoms with van der Waals surface area (Å²) in [5.41, 5.74) is 7.78. The van der Waals surface area contributed by atoms with Crippen molar-refractivity contribution in [1.82, 2.24) is 4.90 Å². The maximum absolute atomic E-state index is 6.24. The average molecular weight is 339 g/mol. The van der Waals surface area contributed by atoms with Gasteiger partial charge >= 0.3 is 0 Å². The monoisotopic (exact) mass is 338 g/mol. The fourth-order valence-corrected chi connectivity index (χ4v) is 4.26. The van der Waals surface area contributed by atoms with E-state index >= 15 is 0 Å². The quantitative estimate of drug-likeness (QED) is 0.872.